The highest BCUT2D eigenvalue weighted by molar-refractivity contribution is 7.91. The highest BCUT2D eigenvalue weighted by Crippen LogP contribution is 2.43. The fourth-order valence-corrected chi connectivity index (χ4v) is 6.44. The van der Waals surface area contributed by atoms with Crippen LogP contribution in [0.4, 0.5) is 4.79 Å². The second-order valence-electron chi connectivity index (χ2n) is 9.08. The topological polar surface area (TPSA) is 98.8 Å². The number of sulfone groups is 1. The van der Waals surface area contributed by atoms with E-state index in [1.54, 1.807) is 9.80 Å². The first-order valence-corrected chi connectivity index (χ1v) is 12.9. The predicted octanol–water partition coefficient (Wildman–Crippen LogP) is 1.09. The molecule has 3 fully saturated rings. The Bertz CT molecular complexity index is 912. The first-order valence-electron chi connectivity index (χ1n) is 11.1. The van der Waals surface area contributed by atoms with E-state index in [9.17, 15) is 18.0 Å². The van der Waals surface area contributed by atoms with Crippen LogP contribution in [-0.2, 0) is 20.2 Å². The minimum atomic E-state index is -3.04. The average Bonchev–Trinajstić information content (AvgIpc) is 3.05. The van der Waals surface area contributed by atoms with E-state index >= 15 is 0 Å². The number of carbonyl (C=O) groups excluding carboxylic acids is 2. The van der Waals surface area contributed by atoms with E-state index in [2.05, 4.69) is 41.8 Å². The summed E-state index contributed by atoms with van der Waals surface area (Å²) < 4.78 is 23.2. The Morgan fingerprint density at radius 3 is 2.35 bits per heavy atom. The summed E-state index contributed by atoms with van der Waals surface area (Å²) in [5.41, 5.74) is 0.883. The average molecular weight is 449 g/mol. The van der Waals surface area contributed by atoms with Gasteiger partial charge in [0.15, 0.2) is 9.84 Å². The fourth-order valence-electron chi connectivity index (χ4n) is 5.24. The van der Waals surface area contributed by atoms with Crippen molar-refractivity contribution < 1.29 is 18.0 Å². The number of benzene rings is 1. The van der Waals surface area contributed by atoms with Crippen LogP contribution in [0.15, 0.2) is 30.3 Å². The first-order chi connectivity index (χ1) is 14.8. The van der Waals surface area contributed by atoms with Crippen LogP contribution in [0.3, 0.4) is 0 Å². The maximum Gasteiger partial charge on any atom is 0.318 e. The lowest BCUT2D eigenvalue weighted by Crippen LogP contribution is -2.54. The van der Waals surface area contributed by atoms with Crippen molar-refractivity contribution in [2.45, 2.75) is 43.7 Å². The number of urea groups is 1. The van der Waals surface area contributed by atoms with E-state index in [1.807, 2.05) is 6.07 Å². The van der Waals surface area contributed by atoms with E-state index in [0.29, 0.717) is 6.54 Å². The molecule has 170 valence electrons. The van der Waals surface area contributed by atoms with E-state index in [1.165, 1.54) is 5.56 Å². The van der Waals surface area contributed by atoms with E-state index in [0.717, 1.165) is 32.2 Å². The van der Waals surface area contributed by atoms with E-state index < -0.39 is 9.84 Å². The van der Waals surface area contributed by atoms with Crippen LogP contribution >= 0.6 is 0 Å². The van der Waals surface area contributed by atoms with Crippen molar-refractivity contribution in [1.29, 1.82) is 0 Å². The minimum absolute atomic E-state index is 0.000864. The maximum absolute atomic E-state index is 12.7. The monoisotopic (exact) mass is 448 g/mol. The Kier molecular flexibility index (Phi) is 6.00. The van der Waals surface area contributed by atoms with Crippen molar-refractivity contribution in [3.8, 4) is 0 Å². The molecule has 1 aromatic rings. The largest absolute Gasteiger partial charge is 0.339 e. The molecule has 0 bridgehead atoms. The van der Waals surface area contributed by atoms with Crippen LogP contribution in [0.25, 0.3) is 0 Å². The molecule has 0 radical (unpaired) electrons. The van der Waals surface area contributed by atoms with Crippen LogP contribution < -0.4 is 10.6 Å². The van der Waals surface area contributed by atoms with Crippen molar-refractivity contribution >= 4 is 21.8 Å². The lowest BCUT2D eigenvalue weighted by molar-refractivity contribution is -0.131. The number of rotatable bonds is 5. The van der Waals surface area contributed by atoms with E-state index in [-0.39, 0.29) is 54.2 Å². The summed E-state index contributed by atoms with van der Waals surface area (Å²) in [6.07, 6.45) is 3.51. The number of hydrogen-bond donors (Lipinski definition) is 2. The molecule has 3 amide bonds. The zero-order valence-corrected chi connectivity index (χ0v) is 18.9. The standard InChI is InChI=1S/C22H32N4O4S/c1-2-23-22(18-6-4-3-5-7-18)10-8-21(9-11-22)17-26(20(28)24-21)16-19(27)25-12-14-31(29,30)15-13-25/h3-7,23H,2,8-17H2,1H3,(H,24,28)/t21-,22-. The second kappa shape index (κ2) is 8.43. The SMILES string of the molecule is CCN[C@]1(c2ccccc2)CC[C@@]2(CC1)CN(CC(=O)N1CCS(=O)(=O)CC1)C(=O)N2. The zero-order valence-electron chi connectivity index (χ0n) is 18.1. The van der Waals surface area contributed by atoms with Gasteiger partial charge in [-0.3, -0.25) is 4.79 Å². The van der Waals surface area contributed by atoms with Gasteiger partial charge >= 0.3 is 6.03 Å². The molecule has 2 N–H and O–H groups in total. The molecular formula is C22H32N4O4S. The quantitative estimate of drug-likeness (QED) is 0.703. The predicted molar refractivity (Wildman–Crippen MR) is 118 cm³/mol. The van der Waals surface area contributed by atoms with Gasteiger partial charge in [0.25, 0.3) is 0 Å². The van der Waals surface area contributed by atoms with Gasteiger partial charge in [-0.1, -0.05) is 37.3 Å². The molecular weight excluding hydrogens is 416 g/mol. The molecule has 9 heteroatoms. The van der Waals surface area contributed by atoms with Crippen molar-refractivity contribution in [2.75, 3.05) is 44.2 Å². The molecule has 3 aliphatic rings. The van der Waals surface area contributed by atoms with Crippen molar-refractivity contribution in [1.82, 2.24) is 20.4 Å². The highest BCUT2D eigenvalue weighted by atomic mass is 32.2. The Labute approximate surface area is 184 Å². The van der Waals surface area contributed by atoms with Crippen molar-refractivity contribution in [3.63, 3.8) is 0 Å². The van der Waals surface area contributed by atoms with Gasteiger partial charge in [-0.15, -0.1) is 0 Å². The summed E-state index contributed by atoms with van der Waals surface area (Å²) in [5, 5.41) is 6.85. The molecule has 2 saturated heterocycles. The molecule has 0 aromatic heterocycles. The molecule has 1 aliphatic carbocycles. The Hall–Kier alpha value is -2.13. The van der Waals surface area contributed by atoms with Crippen LogP contribution in [0.1, 0.15) is 38.2 Å². The second-order valence-corrected chi connectivity index (χ2v) is 11.4. The van der Waals surface area contributed by atoms with Crippen LogP contribution in [0, 0.1) is 0 Å². The molecule has 1 saturated carbocycles. The lowest BCUT2D eigenvalue weighted by Gasteiger charge is -2.45. The van der Waals surface area contributed by atoms with Crippen LogP contribution in [0.5, 0.6) is 0 Å². The van der Waals surface area contributed by atoms with Gasteiger partial charge in [0.2, 0.25) is 5.91 Å². The summed E-state index contributed by atoms with van der Waals surface area (Å²) in [6.45, 7) is 3.94. The van der Waals surface area contributed by atoms with E-state index in [4.69, 9.17) is 0 Å². The summed E-state index contributed by atoms with van der Waals surface area (Å²) >= 11 is 0. The maximum atomic E-state index is 12.7. The molecule has 4 rings (SSSR count). The summed E-state index contributed by atoms with van der Waals surface area (Å²) in [5.74, 6) is -0.175. The number of nitrogens with zero attached hydrogens (tertiary/aromatic N) is 2. The van der Waals surface area contributed by atoms with Gasteiger partial charge in [0, 0.05) is 25.2 Å². The smallest absolute Gasteiger partial charge is 0.318 e. The molecule has 0 unspecified atom stereocenters. The normalized spacial score (nSPS) is 30.4. The third-order valence-corrected chi connectivity index (χ3v) is 8.69. The van der Waals surface area contributed by atoms with Crippen LogP contribution in [-0.4, -0.2) is 79.9 Å². The number of nitrogens with one attached hydrogen (secondary N) is 2. The Morgan fingerprint density at radius 1 is 1.10 bits per heavy atom. The highest BCUT2D eigenvalue weighted by Gasteiger charge is 2.49. The third kappa shape index (κ3) is 4.57. The number of amides is 3. The zero-order chi connectivity index (χ0) is 22.1. The van der Waals surface area contributed by atoms with Gasteiger partial charge in [0.05, 0.1) is 17.0 Å². The lowest BCUT2D eigenvalue weighted by atomic mass is 9.69. The van der Waals surface area contributed by atoms with Crippen molar-refractivity contribution in [3.05, 3.63) is 35.9 Å². The molecule has 2 heterocycles. The van der Waals surface area contributed by atoms with Crippen LogP contribution in [0.2, 0.25) is 0 Å². The minimum Gasteiger partial charge on any atom is -0.339 e. The Morgan fingerprint density at radius 2 is 1.74 bits per heavy atom. The van der Waals surface area contributed by atoms with Gasteiger partial charge in [-0.2, -0.15) is 0 Å². The molecule has 1 aromatic carbocycles. The van der Waals surface area contributed by atoms with Gasteiger partial charge in [0.1, 0.15) is 6.54 Å². The molecule has 8 nitrogen and oxygen atoms in total. The Balaban J connectivity index is 1.38. The molecule has 31 heavy (non-hydrogen) atoms. The van der Waals surface area contributed by atoms with Crippen molar-refractivity contribution in [2.24, 2.45) is 0 Å². The fraction of sp³-hybridized carbons (Fsp3) is 0.636. The summed E-state index contributed by atoms with van der Waals surface area (Å²) in [7, 11) is -3.04. The van der Waals surface area contributed by atoms with Gasteiger partial charge in [-0.25, -0.2) is 13.2 Å². The third-order valence-electron chi connectivity index (χ3n) is 7.08. The molecule has 0 atom stereocenters. The van der Waals surface area contributed by atoms with Gasteiger partial charge in [-0.05, 0) is 37.8 Å². The summed E-state index contributed by atoms with van der Waals surface area (Å²) in [4.78, 5) is 28.5. The van der Waals surface area contributed by atoms with Gasteiger partial charge < -0.3 is 20.4 Å². The number of hydrogen-bond acceptors (Lipinski definition) is 5. The summed E-state index contributed by atoms with van der Waals surface area (Å²) in [6, 6.07) is 10.3. The molecule has 1 spiro atoms. The first kappa shape index (κ1) is 22.1. The molecule has 2 aliphatic heterocycles. The number of carbonyl (C=O) groups is 2.